The number of halogens is 6. The number of nitrogens with zero attached hydrogens (tertiary/aromatic N) is 1. The van der Waals surface area contributed by atoms with E-state index in [1.54, 1.807) is 12.1 Å². The molecule has 1 aromatic heterocycles. The summed E-state index contributed by atoms with van der Waals surface area (Å²) in [5.74, 6) is 0. The van der Waals surface area contributed by atoms with Crippen molar-refractivity contribution in [2.45, 2.75) is 12.4 Å². The molecule has 0 saturated carbocycles. The van der Waals surface area contributed by atoms with E-state index >= 15 is 0 Å². The van der Waals surface area contributed by atoms with Crippen molar-refractivity contribution in [2.24, 2.45) is 0 Å². The molecule has 0 fully saturated rings. The molecular formula is C29H17F6N. The Labute approximate surface area is 202 Å². The summed E-state index contributed by atoms with van der Waals surface area (Å²) in [6.07, 6.45) is -9.79. The highest BCUT2D eigenvalue weighted by molar-refractivity contribution is 5.82. The Morgan fingerprint density at radius 3 is 1.67 bits per heavy atom. The van der Waals surface area contributed by atoms with Gasteiger partial charge in [0.25, 0.3) is 0 Å². The van der Waals surface area contributed by atoms with Gasteiger partial charge in [-0.1, -0.05) is 66.7 Å². The molecule has 0 aliphatic rings. The maximum absolute atomic E-state index is 13.2. The largest absolute Gasteiger partial charge is 0.416 e. The average Bonchev–Trinajstić information content (AvgIpc) is 2.87. The third-order valence-electron chi connectivity index (χ3n) is 5.90. The molecule has 7 heteroatoms. The number of benzene rings is 4. The van der Waals surface area contributed by atoms with Crippen LogP contribution in [0.3, 0.4) is 0 Å². The van der Waals surface area contributed by atoms with Gasteiger partial charge in [-0.25, -0.2) is 4.98 Å². The van der Waals surface area contributed by atoms with Gasteiger partial charge in [-0.3, -0.25) is 0 Å². The minimum absolute atomic E-state index is 0.129. The number of hydrogen-bond acceptors (Lipinski definition) is 1. The Morgan fingerprint density at radius 1 is 0.444 bits per heavy atom. The fraction of sp³-hybridized carbons (Fsp3) is 0.0690. The van der Waals surface area contributed by atoms with Gasteiger partial charge in [-0.2, -0.15) is 26.3 Å². The molecule has 5 aromatic rings. The second-order valence-corrected chi connectivity index (χ2v) is 8.34. The van der Waals surface area contributed by atoms with Gasteiger partial charge in [0.15, 0.2) is 0 Å². The Balaban J connectivity index is 1.49. The summed E-state index contributed by atoms with van der Waals surface area (Å²) in [4.78, 5) is 4.71. The van der Waals surface area contributed by atoms with Crippen LogP contribution in [0, 0.1) is 0 Å². The van der Waals surface area contributed by atoms with E-state index < -0.39 is 23.5 Å². The van der Waals surface area contributed by atoms with Crippen molar-refractivity contribution in [1.82, 2.24) is 4.98 Å². The lowest BCUT2D eigenvalue weighted by atomic mass is 9.96. The van der Waals surface area contributed by atoms with Gasteiger partial charge in [0.2, 0.25) is 0 Å². The van der Waals surface area contributed by atoms with Crippen molar-refractivity contribution in [3.63, 3.8) is 0 Å². The molecule has 0 atom stereocenters. The minimum Gasteiger partial charge on any atom is -0.248 e. The molecule has 0 aliphatic carbocycles. The summed E-state index contributed by atoms with van der Waals surface area (Å²) in [5, 5.41) is 1.02. The number of pyridine rings is 1. The number of aromatic nitrogens is 1. The average molecular weight is 493 g/mol. The molecule has 0 amide bonds. The zero-order chi connectivity index (χ0) is 25.5. The highest BCUT2D eigenvalue weighted by Crippen LogP contribution is 2.39. The summed E-state index contributed by atoms with van der Waals surface area (Å²) in [5.41, 5.74) is 1.56. The molecule has 0 aliphatic heterocycles. The zero-order valence-electron chi connectivity index (χ0n) is 18.5. The van der Waals surface area contributed by atoms with E-state index in [9.17, 15) is 26.3 Å². The number of para-hydroxylation sites is 1. The standard InChI is InChI=1S/C29H17F6N/c30-28(31,32)24-15-23(16-25(17-24)29(33,34)35)19-10-8-18(9-11-19)21-5-3-6-22(14-21)27-13-12-20-4-1-2-7-26(20)36-27/h1-17H. The van der Waals surface area contributed by atoms with E-state index in [1.807, 2.05) is 60.7 Å². The third-order valence-corrected chi connectivity index (χ3v) is 5.90. The van der Waals surface area contributed by atoms with Crippen molar-refractivity contribution < 1.29 is 26.3 Å². The molecule has 0 bridgehead atoms. The van der Waals surface area contributed by atoms with Crippen LogP contribution in [0.2, 0.25) is 0 Å². The molecule has 0 saturated heterocycles. The topological polar surface area (TPSA) is 12.9 Å². The maximum Gasteiger partial charge on any atom is 0.416 e. The molecule has 0 N–H and O–H groups in total. The van der Waals surface area contributed by atoms with Crippen LogP contribution in [0.4, 0.5) is 26.3 Å². The van der Waals surface area contributed by atoms with E-state index in [2.05, 4.69) is 0 Å². The Morgan fingerprint density at radius 2 is 1.03 bits per heavy atom. The maximum atomic E-state index is 13.2. The van der Waals surface area contributed by atoms with Gasteiger partial charge in [-0.05, 0) is 58.7 Å². The van der Waals surface area contributed by atoms with Crippen LogP contribution in [0.1, 0.15) is 11.1 Å². The van der Waals surface area contributed by atoms with Crippen LogP contribution in [0.25, 0.3) is 44.4 Å². The van der Waals surface area contributed by atoms with Gasteiger partial charge in [0.05, 0.1) is 22.3 Å². The monoisotopic (exact) mass is 493 g/mol. The van der Waals surface area contributed by atoms with E-state index in [0.29, 0.717) is 0 Å². The highest BCUT2D eigenvalue weighted by Gasteiger charge is 2.37. The summed E-state index contributed by atoms with van der Waals surface area (Å²) in [6.45, 7) is 0. The molecule has 0 unspecified atom stereocenters. The second-order valence-electron chi connectivity index (χ2n) is 8.34. The molecule has 1 heterocycles. The summed E-state index contributed by atoms with van der Waals surface area (Å²) >= 11 is 0. The van der Waals surface area contributed by atoms with Gasteiger partial charge >= 0.3 is 12.4 Å². The molecule has 180 valence electrons. The van der Waals surface area contributed by atoms with Gasteiger partial charge in [0, 0.05) is 10.9 Å². The quantitative estimate of drug-likeness (QED) is 0.228. The molecule has 0 spiro atoms. The van der Waals surface area contributed by atoms with Crippen LogP contribution in [-0.2, 0) is 12.4 Å². The SMILES string of the molecule is FC(F)(F)c1cc(-c2ccc(-c3cccc(-c4ccc5ccccc5n4)c3)cc2)cc(C(F)(F)F)c1. The zero-order valence-corrected chi connectivity index (χ0v) is 18.5. The lowest BCUT2D eigenvalue weighted by Gasteiger charge is -2.14. The minimum atomic E-state index is -4.90. The van der Waals surface area contributed by atoms with Gasteiger partial charge in [0.1, 0.15) is 0 Å². The number of hydrogen-bond donors (Lipinski definition) is 0. The Kier molecular flexibility index (Phi) is 5.79. The van der Waals surface area contributed by atoms with Gasteiger partial charge in [-0.15, -0.1) is 0 Å². The molecule has 0 radical (unpaired) electrons. The van der Waals surface area contributed by atoms with Crippen molar-refractivity contribution in [3.05, 3.63) is 114 Å². The lowest BCUT2D eigenvalue weighted by Crippen LogP contribution is -2.11. The summed E-state index contributed by atoms with van der Waals surface area (Å²) in [7, 11) is 0. The molecule has 36 heavy (non-hydrogen) atoms. The van der Waals surface area contributed by atoms with E-state index in [4.69, 9.17) is 4.98 Å². The Bertz CT molecular complexity index is 1520. The van der Waals surface area contributed by atoms with E-state index in [-0.39, 0.29) is 17.2 Å². The predicted molar refractivity (Wildman–Crippen MR) is 128 cm³/mol. The smallest absolute Gasteiger partial charge is 0.248 e. The number of alkyl halides is 6. The van der Waals surface area contributed by atoms with Crippen molar-refractivity contribution in [3.8, 4) is 33.5 Å². The fourth-order valence-electron chi connectivity index (χ4n) is 4.06. The number of rotatable bonds is 3. The van der Waals surface area contributed by atoms with Crippen LogP contribution in [0.15, 0.2) is 103 Å². The highest BCUT2D eigenvalue weighted by atomic mass is 19.4. The molecule has 4 aromatic carbocycles. The number of fused-ring (bicyclic) bond motifs is 1. The molecular weight excluding hydrogens is 476 g/mol. The van der Waals surface area contributed by atoms with Crippen LogP contribution < -0.4 is 0 Å². The predicted octanol–water partition coefficient (Wildman–Crippen LogP) is 9.27. The summed E-state index contributed by atoms with van der Waals surface area (Å²) < 4.78 is 79.4. The first-order valence-electron chi connectivity index (χ1n) is 10.9. The third kappa shape index (κ3) is 4.82. The lowest BCUT2D eigenvalue weighted by molar-refractivity contribution is -0.143. The molecule has 1 nitrogen and oxygen atoms in total. The first-order valence-corrected chi connectivity index (χ1v) is 10.9. The first-order chi connectivity index (χ1) is 17.1. The normalized spacial score (nSPS) is 12.2. The first kappa shape index (κ1) is 23.6. The van der Waals surface area contributed by atoms with E-state index in [0.717, 1.165) is 45.4 Å². The van der Waals surface area contributed by atoms with Crippen LogP contribution in [0.5, 0.6) is 0 Å². The van der Waals surface area contributed by atoms with Crippen LogP contribution in [-0.4, -0.2) is 4.98 Å². The van der Waals surface area contributed by atoms with Gasteiger partial charge < -0.3 is 0 Å². The van der Waals surface area contributed by atoms with E-state index in [1.165, 1.54) is 12.1 Å². The van der Waals surface area contributed by atoms with Crippen molar-refractivity contribution in [1.29, 1.82) is 0 Å². The Hall–Kier alpha value is -4.13. The van der Waals surface area contributed by atoms with Crippen molar-refractivity contribution in [2.75, 3.05) is 0 Å². The second kappa shape index (κ2) is 8.82. The fourth-order valence-corrected chi connectivity index (χ4v) is 4.06. The van der Waals surface area contributed by atoms with Crippen molar-refractivity contribution >= 4 is 10.9 Å². The molecule has 5 rings (SSSR count). The van der Waals surface area contributed by atoms with Crippen LogP contribution >= 0.6 is 0 Å². The summed E-state index contributed by atoms with van der Waals surface area (Å²) in [6, 6.07) is 27.3.